The standard InChI is InChI=1S/C23H31FN4O3S/c1-23(2,31)22(30)28-9-7-16(8-10-28)32-13-19-26-18-12-15(25-14-5-3-4-6-14)11-17(24)20(18)21(29)27-19/h11-12,14,16,25,31H,3-10,13H2,1-2H3,(H,26,27,29). The summed E-state index contributed by atoms with van der Waals surface area (Å²) >= 11 is 1.68. The van der Waals surface area contributed by atoms with Crippen molar-refractivity contribution < 1.29 is 14.3 Å². The first-order valence-corrected chi connectivity index (χ1v) is 12.4. The third-order valence-corrected chi connectivity index (χ3v) is 7.63. The number of benzene rings is 1. The predicted octanol–water partition coefficient (Wildman–Crippen LogP) is 3.41. The molecular formula is C23H31FN4O3S. The van der Waals surface area contributed by atoms with Crippen LogP contribution in [0.5, 0.6) is 0 Å². The van der Waals surface area contributed by atoms with Gasteiger partial charge in [-0.05, 0) is 51.7 Å². The Bertz CT molecular complexity index is 1040. The van der Waals surface area contributed by atoms with E-state index in [1.54, 1.807) is 22.7 Å². The molecule has 0 bridgehead atoms. The van der Waals surface area contributed by atoms with E-state index in [1.165, 1.54) is 32.8 Å². The number of amides is 1. The number of H-pyrrole nitrogens is 1. The second-order valence-corrected chi connectivity index (χ2v) is 10.6. The maximum Gasteiger partial charge on any atom is 0.261 e. The quantitative estimate of drug-likeness (QED) is 0.609. The van der Waals surface area contributed by atoms with Gasteiger partial charge in [0.05, 0.1) is 11.3 Å². The second kappa shape index (κ2) is 9.39. The highest BCUT2D eigenvalue weighted by Gasteiger charge is 2.32. The summed E-state index contributed by atoms with van der Waals surface area (Å²) in [5.74, 6) is 0.238. The molecule has 1 aromatic heterocycles. The lowest BCUT2D eigenvalue weighted by Crippen LogP contribution is -2.48. The first kappa shape index (κ1) is 23.0. The summed E-state index contributed by atoms with van der Waals surface area (Å²) in [5.41, 5.74) is -0.770. The minimum absolute atomic E-state index is 0.00541. The van der Waals surface area contributed by atoms with E-state index in [-0.39, 0.29) is 11.3 Å². The Morgan fingerprint density at radius 2 is 1.97 bits per heavy atom. The summed E-state index contributed by atoms with van der Waals surface area (Å²) in [7, 11) is 0. The summed E-state index contributed by atoms with van der Waals surface area (Å²) in [6.45, 7) is 4.22. The molecule has 9 heteroatoms. The number of rotatable bonds is 6. The molecule has 0 spiro atoms. The fourth-order valence-corrected chi connectivity index (χ4v) is 5.61. The van der Waals surface area contributed by atoms with Crippen molar-refractivity contribution in [1.29, 1.82) is 0 Å². The van der Waals surface area contributed by atoms with Crippen LogP contribution < -0.4 is 10.9 Å². The average molecular weight is 463 g/mol. The Kier molecular flexibility index (Phi) is 6.76. The number of carbonyl (C=O) groups excluding carboxylic acids is 1. The van der Waals surface area contributed by atoms with E-state index in [0.29, 0.717) is 47.2 Å². The van der Waals surface area contributed by atoms with Crippen LogP contribution >= 0.6 is 11.8 Å². The van der Waals surface area contributed by atoms with Crippen LogP contribution in [-0.2, 0) is 10.5 Å². The summed E-state index contributed by atoms with van der Waals surface area (Å²) in [6.07, 6.45) is 6.13. The SMILES string of the molecule is CC(C)(O)C(=O)N1CCC(SCc2nc3cc(NC4CCCC4)cc(F)c3c(=O)[nH]2)CC1. The Morgan fingerprint density at radius 1 is 1.28 bits per heavy atom. The third kappa shape index (κ3) is 5.26. The molecule has 0 unspecified atom stereocenters. The fourth-order valence-electron chi connectivity index (χ4n) is 4.54. The zero-order valence-electron chi connectivity index (χ0n) is 18.6. The van der Waals surface area contributed by atoms with Gasteiger partial charge in [0.15, 0.2) is 0 Å². The highest BCUT2D eigenvalue weighted by molar-refractivity contribution is 7.99. The monoisotopic (exact) mass is 462 g/mol. The highest BCUT2D eigenvalue weighted by Crippen LogP contribution is 2.28. The number of fused-ring (bicyclic) bond motifs is 1. The molecule has 1 amide bonds. The molecule has 2 aromatic rings. The third-order valence-electron chi connectivity index (χ3n) is 6.24. The van der Waals surface area contributed by atoms with Gasteiger partial charge >= 0.3 is 0 Å². The number of likely N-dealkylation sites (tertiary alicyclic amines) is 1. The maximum absolute atomic E-state index is 14.6. The van der Waals surface area contributed by atoms with E-state index in [0.717, 1.165) is 25.7 Å². The van der Waals surface area contributed by atoms with Crippen molar-refractivity contribution in [2.45, 2.75) is 75.0 Å². The van der Waals surface area contributed by atoms with Gasteiger partial charge in [0.25, 0.3) is 11.5 Å². The van der Waals surface area contributed by atoms with Crippen molar-refractivity contribution in [2.75, 3.05) is 18.4 Å². The second-order valence-electron chi connectivity index (χ2n) is 9.35. The fraction of sp³-hybridized carbons (Fsp3) is 0.609. The van der Waals surface area contributed by atoms with Crippen molar-refractivity contribution in [3.63, 3.8) is 0 Å². The molecule has 2 heterocycles. The van der Waals surface area contributed by atoms with Crippen LogP contribution in [0, 0.1) is 5.82 Å². The molecule has 7 nitrogen and oxygen atoms in total. The van der Waals surface area contributed by atoms with E-state index in [2.05, 4.69) is 15.3 Å². The number of thioether (sulfide) groups is 1. The molecule has 4 rings (SSSR count). The van der Waals surface area contributed by atoms with Gasteiger partial charge in [0.2, 0.25) is 0 Å². The Balaban J connectivity index is 1.41. The number of anilines is 1. The Morgan fingerprint density at radius 3 is 2.62 bits per heavy atom. The van der Waals surface area contributed by atoms with Crippen LogP contribution in [0.25, 0.3) is 10.9 Å². The molecular weight excluding hydrogens is 431 g/mol. The van der Waals surface area contributed by atoms with E-state index in [4.69, 9.17) is 0 Å². The number of carbonyl (C=O) groups is 1. The zero-order chi connectivity index (χ0) is 22.9. The molecule has 1 saturated heterocycles. The molecule has 1 aliphatic heterocycles. The van der Waals surface area contributed by atoms with Gasteiger partial charge in [0, 0.05) is 30.1 Å². The van der Waals surface area contributed by atoms with Crippen LogP contribution in [0.3, 0.4) is 0 Å². The summed E-state index contributed by atoms with van der Waals surface area (Å²) < 4.78 is 14.6. The minimum atomic E-state index is -1.35. The molecule has 2 aliphatic rings. The van der Waals surface area contributed by atoms with Crippen LogP contribution in [0.15, 0.2) is 16.9 Å². The number of hydrogen-bond acceptors (Lipinski definition) is 6. The zero-order valence-corrected chi connectivity index (χ0v) is 19.4. The summed E-state index contributed by atoms with van der Waals surface area (Å²) in [5, 5.41) is 13.6. The number of piperidine rings is 1. The molecule has 32 heavy (non-hydrogen) atoms. The smallest absolute Gasteiger partial charge is 0.261 e. The number of aromatic nitrogens is 2. The molecule has 1 saturated carbocycles. The topological polar surface area (TPSA) is 98.3 Å². The summed E-state index contributed by atoms with van der Waals surface area (Å²) in [6, 6.07) is 3.49. The average Bonchev–Trinajstić information content (AvgIpc) is 3.24. The van der Waals surface area contributed by atoms with E-state index >= 15 is 0 Å². The predicted molar refractivity (Wildman–Crippen MR) is 125 cm³/mol. The summed E-state index contributed by atoms with van der Waals surface area (Å²) in [4.78, 5) is 33.7. The van der Waals surface area contributed by atoms with Crippen LogP contribution in [0.4, 0.5) is 10.1 Å². The van der Waals surface area contributed by atoms with Gasteiger partial charge in [0.1, 0.15) is 22.6 Å². The van der Waals surface area contributed by atoms with Crippen molar-refractivity contribution in [2.24, 2.45) is 0 Å². The lowest BCUT2D eigenvalue weighted by atomic mass is 10.0. The number of nitrogens with zero attached hydrogens (tertiary/aromatic N) is 2. The largest absolute Gasteiger partial charge is 0.382 e. The normalized spacial score (nSPS) is 18.4. The van der Waals surface area contributed by atoms with Crippen LogP contribution in [-0.4, -0.2) is 55.9 Å². The lowest BCUT2D eigenvalue weighted by Gasteiger charge is -2.34. The van der Waals surface area contributed by atoms with Gasteiger partial charge in [-0.15, -0.1) is 0 Å². The molecule has 0 radical (unpaired) electrons. The number of aliphatic hydroxyl groups is 1. The number of halogens is 1. The van der Waals surface area contributed by atoms with Crippen molar-refractivity contribution in [3.8, 4) is 0 Å². The number of aromatic amines is 1. The van der Waals surface area contributed by atoms with Gasteiger partial charge in [-0.3, -0.25) is 9.59 Å². The van der Waals surface area contributed by atoms with E-state index in [1.807, 2.05) is 0 Å². The maximum atomic E-state index is 14.6. The molecule has 0 atom stereocenters. The van der Waals surface area contributed by atoms with E-state index in [9.17, 15) is 19.1 Å². The van der Waals surface area contributed by atoms with Crippen LogP contribution in [0.2, 0.25) is 0 Å². The Hall–Kier alpha value is -2.13. The molecule has 174 valence electrons. The molecule has 3 N–H and O–H groups in total. The van der Waals surface area contributed by atoms with Gasteiger partial charge in [-0.1, -0.05) is 12.8 Å². The molecule has 1 aliphatic carbocycles. The van der Waals surface area contributed by atoms with Gasteiger partial charge in [-0.2, -0.15) is 11.8 Å². The number of hydrogen-bond donors (Lipinski definition) is 3. The van der Waals surface area contributed by atoms with Crippen molar-refractivity contribution in [1.82, 2.24) is 14.9 Å². The van der Waals surface area contributed by atoms with Crippen LogP contribution in [0.1, 0.15) is 58.2 Å². The van der Waals surface area contributed by atoms with Crippen molar-refractivity contribution in [3.05, 3.63) is 34.1 Å². The Labute approximate surface area is 191 Å². The van der Waals surface area contributed by atoms with Gasteiger partial charge in [-0.25, -0.2) is 9.37 Å². The first-order valence-electron chi connectivity index (χ1n) is 11.3. The number of nitrogens with one attached hydrogen (secondary N) is 2. The highest BCUT2D eigenvalue weighted by atomic mass is 32.2. The first-order chi connectivity index (χ1) is 15.2. The molecule has 1 aromatic carbocycles. The minimum Gasteiger partial charge on any atom is -0.382 e. The molecule has 2 fully saturated rings. The van der Waals surface area contributed by atoms with Crippen molar-refractivity contribution >= 4 is 34.3 Å². The van der Waals surface area contributed by atoms with Gasteiger partial charge < -0.3 is 20.3 Å². The lowest BCUT2D eigenvalue weighted by molar-refractivity contribution is -0.148. The van der Waals surface area contributed by atoms with E-state index < -0.39 is 17.0 Å².